The van der Waals surface area contributed by atoms with E-state index in [0.717, 1.165) is 58.1 Å². The zero-order valence-corrected chi connectivity index (χ0v) is 14.3. The van der Waals surface area contributed by atoms with E-state index < -0.39 is 0 Å². The molecule has 128 valence electrons. The Hall–Kier alpha value is -1.40. The van der Waals surface area contributed by atoms with E-state index >= 15 is 0 Å². The van der Waals surface area contributed by atoms with Gasteiger partial charge >= 0.3 is 0 Å². The zero-order chi connectivity index (χ0) is 16.2. The Morgan fingerprint density at radius 1 is 1.39 bits per heavy atom. The largest absolute Gasteiger partial charge is 0.381 e. The predicted molar refractivity (Wildman–Crippen MR) is 88.4 cm³/mol. The molecule has 0 bridgehead atoms. The minimum atomic E-state index is 0.0557. The molecule has 23 heavy (non-hydrogen) atoms. The van der Waals surface area contributed by atoms with Crippen molar-refractivity contribution in [3.8, 4) is 0 Å². The van der Waals surface area contributed by atoms with Crippen molar-refractivity contribution in [1.29, 1.82) is 0 Å². The number of hydrogen-bond donors (Lipinski definition) is 1. The van der Waals surface area contributed by atoms with Crippen LogP contribution in [-0.4, -0.2) is 71.8 Å². The van der Waals surface area contributed by atoms with Gasteiger partial charge in [-0.3, -0.25) is 14.8 Å². The van der Waals surface area contributed by atoms with E-state index in [1.807, 2.05) is 11.0 Å². The van der Waals surface area contributed by atoms with Crippen molar-refractivity contribution in [3.05, 3.63) is 17.5 Å². The number of piperazine rings is 1. The fourth-order valence-electron chi connectivity index (χ4n) is 3.40. The number of hydrogen-bond acceptors (Lipinski definition) is 4. The Morgan fingerprint density at radius 3 is 2.83 bits per heavy atom. The Morgan fingerprint density at radius 2 is 2.17 bits per heavy atom. The van der Waals surface area contributed by atoms with E-state index in [0.29, 0.717) is 17.5 Å². The molecule has 2 fully saturated rings. The number of amides is 1. The number of aromatic amines is 1. The molecule has 1 N–H and O–H groups in total. The monoisotopic (exact) mass is 320 g/mol. The molecule has 1 atom stereocenters. The molecule has 0 aliphatic carbocycles. The van der Waals surface area contributed by atoms with E-state index in [9.17, 15) is 4.79 Å². The van der Waals surface area contributed by atoms with Gasteiger partial charge in [-0.25, -0.2) is 0 Å². The van der Waals surface area contributed by atoms with Gasteiger partial charge in [0.25, 0.3) is 5.91 Å². The van der Waals surface area contributed by atoms with Crippen molar-refractivity contribution in [2.24, 2.45) is 11.8 Å². The van der Waals surface area contributed by atoms with Crippen LogP contribution in [0.1, 0.15) is 36.5 Å². The van der Waals surface area contributed by atoms with Gasteiger partial charge < -0.3 is 9.64 Å². The second-order valence-corrected chi connectivity index (χ2v) is 7.20. The summed E-state index contributed by atoms with van der Waals surface area (Å²) in [6.45, 7) is 10.7. The summed E-state index contributed by atoms with van der Waals surface area (Å²) in [5.41, 5.74) is 1.60. The molecule has 0 aromatic carbocycles. The summed E-state index contributed by atoms with van der Waals surface area (Å²) < 4.78 is 5.44. The Labute approximate surface area is 138 Å². The van der Waals surface area contributed by atoms with E-state index in [2.05, 4.69) is 28.9 Å². The van der Waals surface area contributed by atoms with Crippen LogP contribution in [-0.2, 0) is 11.2 Å². The average Bonchev–Trinajstić information content (AvgIpc) is 3.19. The molecule has 0 unspecified atom stereocenters. The first-order chi connectivity index (χ1) is 11.1. The lowest BCUT2D eigenvalue weighted by Crippen LogP contribution is -2.49. The average molecular weight is 320 g/mol. The third-order valence-corrected chi connectivity index (χ3v) is 4.68. The van der Waals surface area contributed by atoms with Crippen LogP contribution in [0.25, 0.3) is 0 Å². The SMILES string of the molecule is CC(C)Cc1cc(C(=O)N2CCN(C[C@H]3CCOC3)CC2)n[nH]1. The van der Waals surface area contributed by atoms with Gasteiger partial charge in [0.1, 0.15) is 5.69 Å². The number of carbonyl (C=O) groups is 1. The molecule has 0 saturated carbocycles. The highest BCUT2D eigenvalue weighted by Gasteiger charge is 2.26. The molecule has 3 heterocycles. The van der Waals surface area contributed by atoms with Crippen LogP contribution >= 0.6 is 0 Å². The quantitative estimate of drug-likeness (QED) is 0.891. The van der Waals surface area contributed by atoms with Crippen LogP contribution in [0.15, 0.2) is 6.07 Å². The Kier molecular flexibility index (Phi) is 5.33. The van der Waals surface area contributed by atoms with Crippen LogP contribution in [0.4, 0.5) is 0 Å². The highest BCUT2D eigenvalue weighted by molar-refractivity contribution is 5.92. The van der Waals surface area contributed by atoms with Crippen molar-refractivity contribution in [3.63, 3.8) is 0 Å². The predicted octanol–water partition coefficient (Wildman–Crippen LogP) is 1.40. The number of ether oxygens (including phenoxy) is 1. The van der Waals surface area contributed by atoms with Crippen molar-refractivity contribution in [2.45, 2.75) is 26.7 Å². The summed E-state index contributed by atoms with van der Waals surface area (Å²) in [6.07, 6.45) is 2.10. The number of H-pyrrole nitrogens is 1. The van der Waals surface area contributed by atoms with E-state index in [-0.39, 0.29) is 5.91 Å². The maximum atomic E-state index is 12.6. The Balaban J connectivity index is 1.48. The van der Waals surface area contributed by atoms with Crippen LogP contribution in [0.3, 0.4) is 0 Å². The molecule has 0 radical (unpaired) electrons. The number of rotatable bonds is 5. The first kappa shape index (κ1) is 16.5. The lowest BCUT2D eigenvalue weighted by molar-refractivity contribution is 0.0605. The highest BCUT2D eigenvalue weighted by Crippen LogP contribution is 2.16. The summed E-state index contributed by atoms with van der Waals surface area (Å²) in [4.78, 5) is 16.9. The van der Waals surface area contributed by atoms with Crippen molar-refractivity contribution < 1.29 is 9.53 Å². The van der Waals surface area contributed by atoms with Crippen molar-refractivity contribution >= 4 is 5.91 Å². The van der Waals surface area contributed by atoms with Gasteiger partial charge in [0, 0.05) is 45.0 Å². The van der Waals surface area contributed by atoms with Crippen molar-refractivity contribution in [1.82, 2.24) is 20.0 Å². The molecule has 3 rings (SSSR count). The van der Waals surface area contributed by atoms with Crippen LogP contribution in [0.2, 0.25) is 0 Å². The molecular weight excluding hydrogens is 292 g/mol. The lowest BCUT2D eigenvalue weighted by atomic mass is 10.1. The maximum Gasteiger partial charge on any atom is 0.274 e. The minimum Gasteiger partial charge on any atom is -0.381 e. The zero-order valence-electron chi connectivity index (χ0n) is 14.3. The minimum absolute atomic E-state index is 0.0557. The van der Waals surface area contributed by atoms with Crippen LogP contribution in [0.5, 0.6) is 0 Å². The topological polar surface area (TPSA) is 61.5 Å². The molecule has 2 aliphatic rings. The normalized spacial score (nSPS) is 22.9. The first-order valence-corrected chi connectivity index (χ1v) is 8.75. The second-order valence-electron chi connectivity index (χ2n) is 7.20. The van der Waals surface area contributed by atoms with Gasteiger partial charge in [-0.1, -0.05) is 13.8 Å². The molecule has 2 saturated heterocycles. The second kappa shape index (κ2) is 7.45. The highest BCUT2D eigenvalue weighted by atomic mass is 16.5. The summed E-state index contributed by atoms with van der Waals surface area (Å²) in [6, 6.07) is 1.91. The van der Waals surface area contributed by atoms with Gasteiger partial charge in [-0.15, -0.1) is 0 Å². The molecule has 1 aromatic rings. The molecule has 0 spiro atoms. The van der Waals surface area contributed by atoms with Gasteiger partial charge in [0.15, 0.2) is 0 Å². The third kappa shape index (κ3) is 4.32. The van der Waals surface area contributed by atoms with Crippen molar-refractivity contribution in [2.75, 3.05) is 45.9 Å². The fraction of sp³-hybridized carbons (Fsp3) is 0.765. The number of aromatic nitrogens is 2. The molecule has 2 aliphatic heterocycles. The molecular formula is C17H28N4O2. The third-order valence-electron chi connectivity index (χ3n) is 4.68. The maximum absolute atomic E-state index is 12.6. The number of carbonyl (C=O) groups excluding carboxylic acids is 1. The van der Waals surface area contributed by atoms with E-state index in [1.165, 1.54) is 6.42 Å². The molecule has 6 heteroatoms. The lowest BCUT2D eigenvalue weighted by Gasteiger charge is -2.35. The van der Waals surface area contributed by atoms with Gasteiger partial charge in [0.2, 0.25) is 0 Å². The number of nitrogens with zero attached hydrogens (tertiary/aromatic N) is 3. The van der Waals surface area contributed by atoms with Gasteiger partial charge in [0.05, 0.1) is 6.61 Å². The summed E-state index contributed by atoms with van der Waals surface area (Å²) >= 11 is 0. The molecule has 1 amide bonds. The van der Waals surface area contributed by atoms with Crippen LogP contribution in [0, 0.1) is 11.8 Å². The van der Waals surface area contributed by atoms with E-state index in [4.69, 9.17) is 4.74 Å². The van der Waals surface area contributed by atoms with E-state index in [1.54, 1.807) is 0 Å². The van der Waals surface area contributed by atoms with Gasteiger partial charge in [-0.2, -0.15) is 5.10 Å². The van der Waals surface area contributed by atoms with Crippen LogP contribution < -0.4 is 0 Å². The molecule has 1 aromatic heterocycles. The summed E-state index contributed by atoms with van der Waals surface area (Å²) in [5, 5.41) is 7.19. The first-order valence-electron chi connectivity index (χ1n) is 8.75. The van der Waals surface area contributed by atoms with Gasteiger partial charge in [-0.05, 0) is 30.7 Å². The fourth-order valence-corrected chi connectivity index (χ4v) is 3.40. The Bertz CT molecular complexity index is 514. The smallest absolute Gasteiger partial charge is 0.274 e. The molecule has 6 nitrogen and oxygen atoms in total. The standard InChI is InChI=1S/C17H28N4O2/c1-13(2)9-15-10-16(19-18-15)17(22)21-6-4-20(5-7-21)11-14-3-8-23-12-14/h10,13-14H,3-9,11-12H2,1-2H3,(H,18,19)/t14-/m1/s1. The number of nitrogens with one attached hydrogen (secondary N) is 1. The summed E-state index contributed by atoms with van der Waals surface area (Å²) in [7, 11) is 0. The summed E-state index contributed by atoms with van der Waals surface area (Å²) in [5.74, 6) is 1.28.